The lowest BCUT2D eigenvalue weighted by Gasteiger charge is -2.12. The number of alkyl halides is 6. The highest BCUT2D eigenvalue weighted by Gasteiger charge is 2.33. The Balaban J connectivity index is 2.26. The van der Waals surface area contributed by atoms with Crippen molar-refractivity contribution in [3.63, 3.8) is 0 Å². The number of carbonyl (C=O) groups excluding carboxylic acids is 3. The summed E-state index contributed by atoms with van der Waals surface area (Å²) >= 11 is 0. The van der Waals surface area contributed by atoms with Crippen LogP contribution in [0.3, 0.4) is 0 Å². The number of benzene rings is 2. The number of esters is 1. The second kappa shape index (κ2) is 13.5. The van der Waals surface area contributed by atoms with Gasteiger partial charge in [0.05, 0.1) is 13.0 Å². The molecule has 2 aromatic rings. The van der Waals surface area contributed by atoms with Gasteiger partial charge in [-0.15, -0.1) is 26.3 Å². The van der Waals surface area contributed by atoms with Crippen LogP contribution in [0.15, 0.2) is 48.6 Å². The Morgan fingerprint density at radius 2 is 1.23 bits per heavy atom. The van der Waals surface area contributed by atoms with Crippen LogP contribution in [0.4, 0.5) is 26.3 Å². The van der Waals surface area contributed by atoms with Crippen molar-refractivity contribution in [1.82, 2.24) is 0 Å². The number of ether oxygens (including phenoxy) is 3. The minimum Gasteiger partial charge on any atom is -0.504 e. The van der Waals surface area contributed by atoms with Crippen LogP contribution in [-0.4, -0.2) is 47.6 Å². The second-order valence-corrected chi connectivity index (χ2v) is 8.04. The number of phenols is 2. The molecule has 0 unspecified atom stereocenters. The number of ketones is 2. The summed E-state index contributed by atoms with van der Waals surface area (Å²) in [5.74, 6) is -7.01. The van der Waals surface area contributed by atoms with Crippen molar-refractivity contribution < 1.29 is 65.1 Å². The Labute approximate surface area is 223 Å². The van der Waals surface area contributed by atoms with Gasteiger partial charge in [-0.25, -0.2) is 0 Å². The molecule has 0 atom stereocenters. The summed E-state index contributed by atoms with van der Waals surface area (Å²) in [6.07, 6.45) is -6.42. The molecule has 2 N–H and O–H groups in total. The maximum atomic E-state index is 12.9. The summed E-state index contributed by atoms with van der Waals surface area (Å²) in [7, 11) is 1.14. The summed E-state index contributed by atoms with van der Waals surface area (Å²) in [4.78, 5) is 37.1. The molecule has 2 rings (SSSR count). The number of hydrogen-bond acceptors (Lipinski definition) is 8. The van der Waals surface area contributed by atoms with Gasteiger partial charge in [-0.3, -0.25) is 14.4 Å². The minimum absolute atomic E-state index is 0.0167. The molecule has 0 aliphatic rings. The van der Waals surface area contributed by atoms with E-state index < -0.39 is 59.2 Å². The number of methoxy groups -OCH3 is 1. The third kappa shape index (κ3) is 10.7. The molecule has 0 saturated heterocycles. The van der Waals surface area contributed by atoms with Gasteiger partial charge in [0.25, 0.3) is 0 Å². The third-order valence-corrected chi connectivity index (χ3v) is 5.09. The highest BCUT2D eigenvalue weighted by Crippen LogP contribution is 2.33. The standard InChI is InChI=1S/C26H22F6O8/c1-38-24(37)4-2-3-17(18(33)9-5-15-7-11-20(35)22(13-15)39-25(27,28)29)19(34)10-6-16-8-12-21(36)23(14-16)40-26(30,31)32/h5-14,17,35-36H,2-4H2,1H3/b9-5+,10-6+. The third-order valence-electron chi connectivity index (χ3n) is 5.09. The van der Waals surface area contributed by atoms with Gasteiger partial charge in [0.2, 0.25) is 0 Å². The van der Waals surface area contributed by atoms with Gasteiger partial charge in [0.1, 0.15) is 0 Å². The number of rotatable bonds is 12. The van der Waals surface area contributed by atoms with E-state index in [9.17, 15) is 50.9 Å². The average Bonchev–Trinajstić information content (AvgIpc) is 2.85. The minimum atomic E-state index is -5.09. The zero-order valence-corrected chi connectivity index (χ0v) is 20.6. The largest absolute Gasteiger partial charge is 0.573 e. The van der Waals surface area contributed by atoms with Crippen molar-refractivity contribution in [1.29, 1.82) is 0 Å². The number of halogens is 6. The molecule has 0 bridgehead atoms. The Kier molecular flexibility index (Phi) is 10.7. The molecule has 0 fully saturated rings. The van der Waals surface area contributed by atoms with Crippen molar-refractivity contribution >= 4 is 29.7 Å². The monoisotopic (exact) mass is 576 g/mol. The maximum absolute atomic E-state index is 12.9. The first-order valence-corrected chi connectivity index (χ1v) is 11.3. The molecule has 0 radical (unpaired) electrons. The molecule has 0 aliphatic carbocycles. The van der Waals surface area contributed by atoms with E-state index in [1.807, 2.05) is 0 Å². The Morgan fingerprint density at radius 1 is 0.800 bits per heavy atom. The van der Waals surface area contributed by atoms with Crippen LogP contribution in [0.1, 0.15) is 30.4 Å². The number of phenolic OH excluding ortho intramolecular Hbond substituents is 2. The van der Waals surface area contributed by atoms with Crippen LogP contribution in [0.25, 0.3) is 12.2 Å². The fourth-order valence-electron chi connectivity index (χ4n) is 3.25. The first-order chi connectivity index (χ1) is 18.6. The van der Waals surface area contributed by atoms with Gasteiger partial charge in [0.15, 0.2) is 34.6 Å². The van der Waals surface area contributed by atoms with E-state index in [0.717, 1.165) is 55.7 Å². The van der Waals surface area contributed by atoms with E-state index >= 15 is 0 Å². The molecule has 0 heterocycles. The first kappa shape index (κ1) is 31.7. The van der Waals surface area contributed by atoms with Gasteiger partial charge < -0.3 is 24.4 Å². The Morgan fingerprint density at radius 3 is 1.60 bits per heavy atom. The van der Waals surface area contributed by atoms with Gasteiger partial charge in [-0.1, -0.05) is 24.3 Å². The van der Waals surface area contributed by atoms with Crippen LogP contribution < -0.4 is 9.47 Å². The molecule has 40 heavy (non-hydrogen) atoms. The second-order valence-electron chi connectivity index (χ2n) is 8.04. The fourth-order valence-corrected chi connectivity index (χ4v) is 3.25. The van der Waals surface area contributed by atoms with Crippen LogP contribution in [0.5, 0.6) is 23.0 Å². The van der Waals surface area contributed by atoms with E-state index in [4.69, 9.17) is 0 Å². The van der Waals surface area contributed by atoms with Crippen LogP contribution in [0.2, 0.25) is 0 Å². The number of hydrogen-bond donors (Lipinski definition) is 2. The molecular weight excluding hydrogens is 554 g/mol. The molecule has 8 nitrogen and oxygen atoms in total. The molecular formula is C26H22F6O8. The van der Waals surface area contributed by atoms with E-state index in [-0.39, 0.29) is 30.4 Å². The van der Waals surface area contributed by atoms with Crippen molar-refractivity contribution in [2.24, 2.45) is 5.92 Å². The maximum Gasteiger partial charge on any atom is 0.573 e. The summed E-state index contributed by atoms with van der Waals surface area (Å²) in [6, 6.07) is 5.80. The lowest BCUT2D eigenvalue weighted by Crippen LogP contribution is -2.21. The molecule has 0 aliphatic heterocycles. The van der Waals surface area contributed by atoms with Crippen LogP contribution in [-0.2, 0) is 19.1 Å². The summed E-state index contributed by atoms with van der Waals surface area (Å²) < 4.78 is 87.0. The smallest absolute Gasteiger partial charge is 0.504 e. The van der Waals surface area contributed by atoms with Crippen LogP contribution in [0, 0.1) is 5.92 Å². The molecule has 0 spiro atoms. The SMILES string of the molecule is COC(=O)CCCC(C(=O)/C=C/c1ccc(O)c(OC(F)(F)F)c1)C(=O)/C=C/c1ccc(O)c(OC(F)(F)F)c1. The molecule has 0 saturated carbocycles. The molecule has 0 aromatic heterocycles. The van der Waals surface area contributed by atoms with E-state index in [0.29, 0.717) is 0 Å². The average molecular weight is 576 g/mol. The Bertz CT molecular complexity index is 1190. The lowest BCUT2D eigenvalue weighted by molar-refractivity contribution is -0.276. The topological polar surface area (TPSA) is 119 Å². The molecule has 2 aromatic carbocycles. The summed E-state index contributed by atoms with van der Waals surface area (Å²) in [6.45, 7) is 0. The van der Waals surface area contributed by atoms with Gasteiger partial charge in [-0.2, -0.15) is 0 Å². The molecule has 14 heteroatoms. The highest BCUT2D eigenvalue weighted by molar-refractivity contribution is 6.13. The molecule has 0 amide bonds. The Hall–Kier alpha value is -4.49. The number of carbonyl (C=O) groups is 3. The van der Waals surface area contributed by atoms with Crippen molar-refractivity contribution in [2.75, 3.05) is 7.11 Å². The predicted molar refractivity (Wildman–Crippen MR) is 127 cm³/mol. The predicted octanol–water partition coefficient (Wildman–Crippen LogP) is 5.72. The summed E-state index contributed by atoms with van der Waals surface area (Å²) in [5, 5.41) is 19.1. The van der Waals surface area contributed by atoms with Crippen LogP contribution >= 0.6 is 0 Å². The number of allylic oxidation sites excluding steroid dienone is 2. The van der Waals surface area contributed by atoms with Gasteiger partial charge in [-0.05, 0) is 60.4 Å². The summed E-state index contributed by atoms with van der Waals surface area (Å²) in [5.41, 5.74) is 0.0333. The normalized spacial score (nSPS) is 12.2. The first-order valence-electron chi connectivity index (χ1n) is 11.3. The quantitative estimate of drug-likeness (QED) is 0.143. The van der Waals surface area contributed by atoms with E-state index in [1.54, 1.807) is 0 Å². The van der Waals surface area contributed by atoms with Gasteiger partial charge in [0, 0.05) is 6.42 Å². The zero-order chi connectivity index (χ0) is 30.1. The van der Waals surface area contributed by atoms with Crippen molar-refractivity contribution in [3.8, 4) is 23.0 Å². The van der Waals surface area contributed by atoms with Crippen molar-refractivity contribution in [3.05, 3.63) is 59.7 Å². The van der Waals surface area contributed by atoms with Gasteiger partial charge >= 0.3 is 18.7 Å². The van der Waals surface area contributed by atoms with E-state index in [2.05, 4.69) is 14.2 Å². The lowest BCUT2D eigenvalue weighted by atomic mass is 9.91. The molecule has 216 valence electrons. The fraction of sp³-hybridized carbons (Fsp3) is 0.269. The van der Waals surface area contributed by atoms with E-state index in [1.165, 1.54) is 12.1 Å². The number of aromatic hydroxyl groups is 2. The zero-order valence-electron chi connectivity index (χ0n) is 20.6. The highest BCUT2D eigenvalue weighted by atomic mass is 19.4. The van der Waals surface area contributed by atoms with Crippen molar-refractivity contribution in [2.45, 2.75) is 32.0 Å².